The molecule has 1 rings (SSSR count). The second-order valence-electron chi connectivity index (χ2n) is 3.53. The summed E-state index contributed by atoms with van der Waals surface area (Å²) in [7, 11) is 1.60. The molecule has 0 aliphatic rings. The third-order valence-corrected chi connectivity index (χ3v) is 2.19. The maximum Gasteiger partial charge on any atom is 0.319 e. The Balaban J connectivity index is 2.55. The van der Waals surface area contributed by atoms with Gasteiger partial charge in [0.25, 0.3) is 0 Å². The lowest BCUT2D eigenvalue weighted by atomic mass is 10.1. The van der Waals surface area contributed by atoms with Crippen molar-refractivity contribution in [2.45, 2.75) is 13.3 Å². The van der Waals surface area contributed by atoms with E-state index in [4.69, 9.17) is 0 Å². The van der Waals surface area contributed by atoms with Crippen LogP contribution in [0, 0.1) is 0 Å². The molecule has 0 fully saturated rings. The molecule has 1 aromatic rings. The Labute approximate surface area is 101 Å². The zero-order chi connectivity index (χ0) is 12.7. The van der Waals surface area contributed by atoms with Gasteiger partial charge in [0.15, 0.2) is 0 Å². The zero-order valence-corrected chi connectivity index (χ0v) is 10.0. The second-order valence-corrected chi connectivity index (χ2v) is 3.53. The van der Waals surface area contributed by atoms with Gasteiger partial charge in [-0.25, -0.2) is 4.79 Å². The number of rotatable bonds is 4. The van der Waals surface area contributed by atoms with Gasteiger partial charge in [-0.1, -0.05) is 12.1 Å². The van der Waals surface area contributed by atoms with Gasteiger partial charge >= 0.3 is 6.03 Å². The van der Waals surface area contributed by atoms with E-state index in [0.29, 0.717) is 18.7 Å². The van der Waals surface area contributed by atoms with Crippen LogP contribution in [0.4, 0.5) is 10.5 Å². The topological polar surface area (TPSA) is 70.2 Å². The molecule has 0 radical (unpaired) electrons. The first-order valence-corrected chi connectivity index (χ1v) is 5.50. The van der Waals surface area contributed by atoms with Gasteiger partial charge in [0.2, 0.25) is 5.91 Å². The molecule has 0 aliphatic carbocycles. The summed E-state index contributed by atoms with van der Waals surface area (Å²) in [5.74, 6) is -0.0329. The number of urea groups is 1. The van der Waals surface area contributed by atoms with Crippen molar-refractivity contribution in [1.82, 2.24) is 10.6 Å². The molecular formula is C12H17N3O2. The summed E-state index contributed by atoms with van der Waals surface area (Å²) in [5.41, 5.74) is 1.61. The van der Waals surface area contributed by atoms with E-state index >= 15 is 0 Å². The number of amides is 3. The minimum atomic E-state index is -0.230. The highest BCUT2D eigenvalue weighted by atomic mass is 16.2. The number of hydrogen-bond donors (Lipinski definition) is 3. The first-order chi connectivity index (χ1) is 8.15. The number of carbonyl (C=O) groups excluding carboxylic acids is 2. The van der Waals surface area contributed by atoms with Gasteiger partial charge in [-0.2, -0.15) is 0 Å². The lowest BCUT2D eigenvalue weighted by molar-refractivity contribution is -0.119. The van der Waals surface area contributed by atoms with Crippen molar-refractivity contribution in [2.24, 2.45) is 0 Å². The molecule has 5 heteroatoms. The van der Waals surface area contributed by atoms with E-state index in [9.17, 15) is 9.59 Å². The smallest absolute Gasteiger partial charge is 0.319 e. The van der Waals surface area contributed by atoms with E-state index in [1.807, 2.05) is 19.1 Å². The van der Waals surface area contributed by atoms with Crippen LogP contribution in [-0.4, -0.2) is 25.5 Å². The summed E-state index contributed by atoms with van der Waals surface area (Å²) in [4.78, 5) is 22.4. The molecule has 0 aromatic heterocycles. The van der Waals surface area contributed by atoms with Crippen LogP contribution in [0.5, 0.6) is 0 Å². The molecule has 0 spiro atoms. The molecule has 92 valence electrons. The molecule has 0 unspecified atom stereocenters. The molecule has 17 heavy (non-hydrogen) atoms. The van der Waals surface area contributed by atoms with E-state index in [2.05, 4.69) is 16.0 Å². The Hall–Kier alpha value is -2.04. The van der Waals surface area contributed by atoms with Gasteiger partial charge in [0, 0.05) is 19.3 Å². The molecule has 5 nitrogen and oxygen atoms in total. The standard InChI is InChI=1S/C12H17N3O2/c1-3-14-12(17)15-10-6-4-9(5-7-10)8-11(16)13-2/h4-7H,3,8H2,1-2H3,(H,13,16)(H2,14,15,17). The highest BCUT2D eigenvalue weighted by molar-refractivity contribution is 5.89. The maximum absolute atomic E-state index is 11.2. The fourth-order valence-electron chi connectivity index (χ4n) is 1.32. The highest BCUT2D eigenvalue weighted by Crippen LogP contribution is 2.09. The number of carbonyl (C=O) groups is 2. The second kappa shape index (κ2) is 6.52. The van der Waals surface area contributed by atoms with Gasteiger partial charge in [-0.15, -0.1) is 0 Å². The quantitative estimate of drug-likeness (QED) is 0.731. The van der Waals surface area contributed by atoms with Crippen LogP contribution in [0.1, 0.15) is 12.5 Å². The minimum absolute atomic E-state index is 0.0329. The van der Waals surface area contributed by atoms with Gasteiger partial charge in [0.05, 0.1) is 6.42 Å². The van der Waals surface area contributed by atoms with Crippen molar-refractivity contribution < 1.29 is 9.59 Å². The molecule has 0 bridgehead atoms. The molecular weight excluding hydrogens is 218 g/mol. The van der Waals surface area contributed by atoms with Crippen molar-refractivity contribution in [3.05, 3.63) is 29.8 Å². The zero-order valence-electron chi connectivity index (χ0n) is 10.0. The summed E-state index contributed by atoms with van der Waals surface area (Å²) in [5, 5.41) is 7.88. The molecule has 0 saturated heterocycles. The normalized spacial score (nSPS) is 9.53. The van der Waals surface area contributed by atoms with Crippen LogP contribution < -0.4 is 16.0 Å². The lowest BCUT2D eigenvalue weighted by Crippen LogP contribution is -2.28. The summed E-state index contributed by atoms with van der Waals surface area (Å²) in [6.07, 6.45) is 0.345. The summed E-state index contributed by atoms with van der Waals surface area (Å²) in [6, 6.07) is 6.95. The molecule has 3 N–H and O–H groups in total. The van der Waals surface area contributed by atoms with E-state index in [1.54, 1.807) is 19.2 Å². The van der Waals surface area contributed by atoms with Gasteiger partial charge in [-0.3, -0.25) is 4.79 Å². The van der Waals surface area contributed by atoms with Crippen LogP contribution in [0.3, 0.4) is 0 Å². The molecule has 0 aliphatic heterocycles. The third kappa shape index (κ3) is 4.55. The summed E-state index contributed by atoms with van der Waals surface area (Å²) >= 11 is 0. The number of anilines is 1. The number of benzene rings is 1. The number of hydrogen-bond acceptors (Lipinski definition) is 2. The molecule has 3 amide bonds. The average molecular weight is 235 g/mol. The molecule has 0 atom stereocenters. The number of nitrogens with one attached hydrogen (secondary N) is 3. The average Bonchev–Trinajstić information content (AvgIpc) is 2.32. The fraction of sp³-hybridized carbons (Fsp3) is 0.333. The predicted octanol–water partition coefficient (Wildman–Crippen LogP) is 1.12. The first-order valence-electron chi connectivity index (χ1n) is 5.50. The van der Waals surface area contributed by atoms with Crippen molar-refractivity contribution in [3.8, 4) is 0 Å². The van der Waals surface area contributed by atoms with Crippen LogP contribution in [-0.2, 0) is 11.2 Å². The van der Waals surface area contributed by atoms with E-state index in [0.717, 1.165) is 5.56 Å². The molecule has 0 heterocycles. The van der Waals surface area contributed by atoms with Gasteiger partial charge in [-0.05, 0) is 24.6 Å². The Morgan fingerprint density at radius 2 is 1.82 bits per heavy atom. The van der Waals surface area contributed by atoms with Crippen molar-refractivity contribution in [2.75, 3.05) is 18.9 Å². The van der Waals surface area contributed by atoms with Crippen LogP contribution in [0.25, 0.3) is 0 Å². The van der Waals surface area contributed by atoms with E-state index < -0.39 is 0 Å². The Kier molecular flexibility index (Phi) is 5.00. The largest absolute Gasteiger partial charge is 0.359 e. The summed E-state index contributed by atoms with van der Waals surface area (Å²) in [6.45, 7) is 2.44. The highest BCUT2D eigenvalue weighted by Gasteiger charge is 2.02. The summed E-state index contributed by atoms with van der Waals surface area (Å²) < 4.78 is 0. The van der Waals surface area contributed by atoms with Gasteiger partial charge in [0.1, 0.15) is 0 Å². The first kappa shape index (κ1) is 13.0. The van der Waals surface area contributed by atoms with Crippen LogP contribution in [0.2, 0.25) is 0 Å². The van der Waals surface area contributed by atoms with Crippen molar-refractivity contribution >= 4 is 17.6 Å². The Bertz CT molecular complexity index is 387. The van der Waals surface area contributed by atoms with Crippen molar-refractivity contribution in [3.63, 3.8) is 0 Å². The van der Waals surface area contributed by atoms with Crippen LogP contribution in [0.15, 0.2) is 24.3 Å². The maximum atomic E-state index is 11.2. The van der Waals surface area contributed by atoms with Crippen LogP contribution >= 0.6 is 0 Å². The molecule has 0 saturated carbocycles. The monoisotopic (exact) mass is 235 g/mol. The van der Waals surface area contributed by atoms with Crippen molar-refractivity contribution in [1.29, 1.82) is 0 Å². The third-order valence-electron chi connectivity index (χ3n) is 2.19. The fourth-order valence-corrected chi connectivity index (χ4v) is 1.32. The SMILES string of the molecule is CCNC(=O)Nc1ccc(CC(=O)NC)cc1. The van der Waals surface area contributed by atoms with E-state index in [-0.39, 0.29) is 11.9 Å². The minimum Gasteiger partial charge on any atom is -0.359 e. The predicted molar refractivity (Wildman–Crippen MR) is 66.9 cm³/mol. The lowest BCUT2D eigenvalue weighted by Gasteiger charge is -2.06. The molecule has 1 aromatic carbocycles. The van der Waals surface area contributed by atoms with Gasteiger partial charge < -0.3 is 16.0 Å². The Morgan fingerprint density at radius 3 is 2.35 bits per heavy atom. The number of likely N-dealkylation sites (N-methyl/N-ethyl adjacent to an activating group) is 1. The van der Waals surface area contributed by atoms with E-state index in [1.165, 1.54) is 0 Å². The Morgan fingerprint density at radius 1 is 1.18 bits per heavy atom.